The summed E-state index contributed by atoms with van der Waals surface area (Å²) >= 11 is 12.3. The molecule has 2 amide bonds. The number of imide groups is 1. The second-order valence-corrected chi connectivity index (χ2v) is 7.69. The molecular formula is C23H14Cl2N2O4. The number of carbonyl (C=O) groups is 2. The smallest absolute Gasteiger partial charge is 0.282 e. The molecule has 2 aliphatic rings. The van der Waals surface area contributed by atoms with E-state index in [1.54, 1.807) is 66.7 Å². The number of para-hydroxylation sites is 1. The number of carbonyl (C=O) groups excluding carboxylic acids is 2. The van der Waals surface area contributed by atoms with E-state index < -0.39 is 11.8 Å². The van der Waals surface area contributed by atoms with Gasteiger partial charge in [0, 0.05) is 16.8 Å². The van der Waals surface area contributed by atoms with Crippen LogP contribution in [-0.2, 0) is 9.59 Å². The Morgan fingerprint density at radius 3 is 2.35 bits per heavy atom. The van der Waals surface area contributed by atoms with E-state index in [2.05, 4.69) is 5.32 Å². The van der Waals surface area contributed by atoms with E-state index in [-0.39, 0.29) is 18.1 Å². The zero-order valence-corrected chi connectivity index (χ0v) is 17.4. The summed E-state index contributed by atoms with van der Waals surface area (Å²) in [6.45, 7) is 0.134. The monoisotopic (exact) mass is 452 g/mol. The molecule has 3 aromatic rings. The highest BCUT2D eigenvalue weighted by Gasteiger charge is 2.41. The fourth-order valence-corrected chi connectivity index (χ4v) is 3.85. The van der Waals surface area contributed by atoms with Gasteiger partial charge in [-0.25, -0.2) is 4.90 Å². The normalized spacial score (nSPS) is 15.1. The largest absolute Gasteiger partial charge is 0.454 e. The van der Waals surface area contributed by atoms with E-state index >= 15 is 0 Å². The second kappa shape index (κ2) is 7.65. The summed E-state index contributed by atoms with van der Waals surface area (Å²) in [5.41, 5.74) is 1.80. The standard InChI is InChI=1S/C23H14Cl2N2O4/c24-14-7-5-13(6-8-14)20-21(26-15-9-10-18-19(11-15)31-12-30-18)23(29)27(22(20)28)17-4-2-1-3-16(17)25/h1-11,26H,12H2. The number of nitrogens with zero attached hydrogens (tertiary/aromatic N) is 1. The van der Waals surface area contributed by atoms with Crippen LogP contribution in [0.5, 0.6) is 11.5 Å². The van der Waals surface area contributed by atoms with Crippen molar-refractivity contribution in [1.82, 2.24) is 0 Å². The van der Waals surface area contributed by atoms with Gasteiger partial charge in [-0.2, -0.15) is 0 Å². The third kappa shape index (κ3) is 3.40. The van der Waals surface area contributed by atoms with E-state index in [0.717, 1.165) is 4.90 Å². The third-order valence-corrected chi connectivity index (χ3v) is 5.52. The number of hydrogen-bond donors (Lipinski definition) is 1. The molecule has 3 aromatic carbocycles. The topological polar surface area (TPSA) is 67.9 Å². The van der Waals surface area contributed by atoms with Gasteiger partial charge >= 0.3 is 0 Å². The van der Waals surface area contributed by atoms with E-state index in [9.17, 15) is 9.59 Å². The number of rotatable bonds is 4. The van der Waals surface area contributed by atoms with Gasteiger partial charge in [-0.3, -0.25) is 9.59 Å². The highest BCUT2D eigenvalue weighted by Crippen LogP contribution is 2.39. The summed E-state index contributed by atoms with van der Waals surface area (Å²) in [4.78, 5) is 27.9. The van der Waals surface area contributed by atoms with Gasteiger partial charge in [-0.15, -0.1) is 0 Å². The lowest BCUT2D eigenvalue weighted by Crippen LogP contribution is -2.32. The molecule has 2 aliphatic heterocycles. The molecule has 0 aliphatic carbocycles. The predicted octanol–water partition coefficient (Wildman–Crippen LogP) is 5.12. The van der Waals surface area contributed by atoms with Gasteiger partial charge in [0.15, 0.2) is 11.5 Å². The van der Waals surface area contributed by atoms with Crippen LogP contribution in [-0.4, -0.2) is 18.6 Å². The molecule has 5 rings (SSSR count). The first-order valence-electron chi connectivity index (χ1n) is 9.33. The molecule has 6 nitrogen and oxygen atoms in total. The number of ether oxygens (including phenoxy) is 2. The fraction of sp³-hybridized carbons (Fsp3) is 0.0435. The molecule has 0 fully saturated rings. The van der Waals surface area contributed by atoms with Gasteiger partial charge in [0.25, 0.3) is 11.8 Å². The molecule has 0 radical (unpaired) electrons. The van der Waals surface area contributed by atoms with Gasteiger partial charge in [-0.05, 0) is 42.0 Å². The Labute approximate surface area is 187 Å². The molecule has 2 heterocycles. The van der Waals surface area contributed by atoms with Crippen LogP contribution in [0.15, 0.2) is 72.4 Å². The number of halogens is 2. The first kappa shape index (κ1) is 19.5. The quantitative estimate of drug-likeness (QED) is 0.556. The number of hydrogen-bond acceptors (Lipinski definition) is 5. The molecule has 0 saturated carbocycles. The van der Waals surface area contributed by atoms with Crippen molar-refractivity contribution in [1.29, 1.82) is 0 Å². The molecule has 154 valence electrons. The average Bonchev–Trinajstić information content (AvgIpc) is 3.32. The highest BCUT2D eigenvalue weighted by molar-refractivity contribution is 6.48. The van der Waals surface area contributed by atoms with Crippen LogP contribution in [0.25, 0.3) is 5.57 Å². The van der Waals surface area contributed by atoms with Gasteiger partial charge in [0.1, 0.15) is 5.70 Å². The first-order valence-corrected chi connectivity index (χ1v) is 10.1. The minimum Gasteiger partial charge on any atom is -0.454 e. The molecular weight excluding hydrogens is 439 g/mol. The summed E-state index contributed by atoms with van der Waals surface area (Å²) in [6.07, 6.45) is 0. The molecule has 0 aromatic heterocycles. The van der Waals surface area contributed by atoms with Crippen molar-refractivity contribution >= 4 is 52.0 Å². The maximum atomic E-state index is 13.4. The Morgan fingerprint density at radius 2 is 1.58 bits per heavy atom. The van der Waals surface area contributed by atoms with Crippen LogP contribution in [0.4, 0.5) is 11.4 Å². The molecule has 1 N–H and O–H groups in total. The van der Waals surface area contributed by atoms with Crippen LogP contribution in [0, 0.1) is 0 Å². The predicted molar refractivity (Wildman–Crippen MR) is 119 cm³/mol. The first-order chi connectivity index (χ1) is 15.0. The number of anilines is 2. The molecule has 0 spiro atoms. The van der Waals surface area contributed by atoms with E-state index in [1.807, 2.05) is 0 Å². The average molecular weight is 453 g/mol. The summed E-state index contributed by atoms with van der Waals surface area (Å²) < 4.78 is 10.7. The van der Waals surface area contributed by atoms with E-state index in [0.29, 0.717) is 38.5 Å². The molecule has 0 saturated heterocycles. The summed E-state index contributed by atoms with van der Waals surface area (Å²) in [5.74, 6) is 0.173. The molecule has 0 unspecified atom stereocenters. The van der Waals surface area contributed by atoms with Crippen molar-refractivity contribution in [3.63, 3.8) is 0 Å². The zero-order chi connectivity index (χ0) is 21.5. The van der Waals surface area contributed by atoms with Crippen LogP contribution in [0.2, 0.25) is 10.0 Å². The van der Waals surface area contributed by atoms with Gasteiger partial charge in [0.2, 0.25) is 6.79 Å². The Balaban J connectivity index is 1.61. The Bertz CT molecular complexity index is 1250. The van der Waals surface area contributed by atoms with E-state index in [1.165, 1.54) is 0 Å². The summed E-state index contributed by atoms with van der Waals surface area (Å²) in [6, 6.07) is 18.6. The lowest BCUT2D eigenvalue weighted by atomic mass is 10.0. The van der Waals surface area contributed by atoms with Gasteiger partial charge < -0.3 is 14.8 Å². The van der Waals surface area contributed by atoms with Crippen molar-refractivity contribution in [3.05, 3.63) is 88.0 Å². The van der Waals surface area contributed by atoms with Crippen molar-refractivity contribution in [3.8, 4) is 11.5 Å². The number of nitrogens with one attached hydrogen (secondary N) is 1. The van der Waals surface area contributed by atoms with Crippen molar-refractivity contribution in [2.75, 3.05) is 17.0 Å². The van der Waals surface area contributed by atoms with Crippen LogP contribution >= 0.6 is 23.2 Å². The number of benzene rings is 3. The Morgan fingerprint density at radius 1 is 0.839 bits per heavy atom. The Hall–Kier alpha value is -3.48. The van der Waals surface area contributed by atoms with Gasteiger partial charge in [-0.1, -0.05) is 47.5 Å². The van der Waals surface area contributed by atoms with Crippen LogP contribution in [0.1, 0.15) is 5.56 Å². The maximum absolute atomic E-state index is 13.4. The molecule has 31 heavy (non-hydrogen) atoms. The number of fused-ring (bicyclic) bond motifs is 1. The van der Waals surface area contributed by atoms with E-state index in [4.69, 9.17) is 32.7 Å². The lowest BCUT2D eigenvalue weighted by molar-refractivity contribution is -0.120. The van der Waals surface area contributed by atoms with Crippen LogP contribution < -0.4 is 19.7 Å². The van der Waals surface area contributed by atoms with Crippen LogP contribution in [0.3, 0.4) is 0 Å². The summed E-state index contributed by atoms with van der Waals surface area (Å²) in [7, 11) is 0. The van der Waals surface area contributed by atoms with Crippen molar-refractivity contribution in [2.45, 2.75) is 0 Å². The highest BCUT2D eigenvalue weighted by atomic mass is 35.5. The SMILES string of the molecule is O=C1C(Nc2ccc3c(c2)OCO3)=C(c2ccc(Cl)cc2)C(=O)N1c1ccccc1Cl. The fourth-order valence-electron chi connectivity index (χ4n) is 3.50. The minimum absolute atomic E-state index is 0.131. The number of amides is 2. The van der Waals surface area contributed by atoms with Crippen molar-refractivity contribution in [2.24, 2.45) is 0 Å². The third-order valence-electron chi connectivity index (χ3n) is 4.95. The lowest BCUT2D eigenvalue weighted by Gasteiger charge is -2.16. The molecule has 0 atom stereocenters. The minimum atomic E-state index is -0.513. The molecule has 0 bridgehead atoms. The second-order valence-electron chi connectivity index (χ2n) is 6.85. The summed E-state index contributed by atoms with van der Waals surface area (Å²) in [5, 5.41) is 3.91. The van der Waals surface area contributed by atoms with Gasteiger partial charge in [0.05, 0.1) is 16.3 Å². The van der Waals surface area contributed by atoms with Crippen molar-refractivity contribution < 1.29 is 19.1 Å². The maximum Gasteiger partial charge on any atom is 0.282 e. The zero-order valence-electron chi connectivity index (χ0n) is 15.9. The Kier molecular flexibility index (Phi) is 4.81. The molecule has 8 heteroatoms.